The fraction of sp³-hybridized carbons (Fsp3) is 0.235. The Labute approximate surface area is 138 Å². The monoisotopic (exact) mass is 326 g/mol. The molecule has 23 heavy (non-hydrogen) atoms. The fourth-order valence-electron chi connectivity index (χ4n) is 2.36. The highest BCUT2D eigenvalue weighted by atomic mass is 32.1. The highest BCUT2D eigenvalue weighted by Crippen LogP contribution is 2.19. The molecular weight excluding hydrogens is 308 g/mol. The van der Waals surface area contributed by atoms with E-state index in [0.717, 1.165) is 17.8 Å². The number of benzene rings is 1. The Hall–Kier alpha value is -2.47. The lowest BCUT2D eigenvalue weighted by molar-refractivity contribution is -0.121. The van der Waals surface area contributed by atoms with Gasteiger partial charge in [-0.05, 0) is 41.3 Å². The van der Waals surface area contributed by atoms with E-state index >= 15 is 0 Å². The molecule has 2 heterocycles. The van der Waals surface area contributed by atoms with E-state index < -0.39 is 0 Å². The largest absolute Gasteiger partial charge is 0.342 e. The van der Waals surface area contributed by atoms with Gasteiger partial charge in [0.1, 0.15) is 11.9 Å². The van der Waals surface area contributed by atoms with Crippen LogP contribution in [0.4, 0.5) is 0 Å². The summed E-state index contributed by atoms with van der Waals surface area (Å²) in [5.41, 5.74) is 2.16. The molecule has 0 saturated heterocycles. The number of hydrogen-bond acceptors (Lipinski definition) is 4. The van der Waals surface area contributed by atoms with E-state index in [2.05, 4.69) is 25.9 Å². The predicted molar refractivity (Wildman–Crippen MR) is 90.2 cm³/mol. The van der Waals surface area contributed by atoms with Crippen LogP contribution < -0.4 is 5.32 Å². The first-order valence-corrected chi connectivity index (χ1v) is 8.41. The molecule has 0 spiro atoms. The van der Waals surface area contributed by atoms with Crippen LogP contribution in [-0.4, -0.2) is 21.1 Å². The number of amides is 1. The summed E-state index contributed by atoms with van der Waals surface area (Å²) < 4.78 is 0. The summed E-state index contributed by atoms with van der Waals surface area (Å²) in [5, 5.41) is 14.2. The van der Waals surface area contributed by atoms with Gasteiger partial charge in [-0.25, -0.2) is 4.98 Å². The molecule has 1 aromatic carbocycles. The number of hydrogen-bond donors (Lipinski definition) is 2. The van der Waals surface area contributed by atoms with Crippen molar-refractivity contribution in [1.29, 1.82) is 0 Å². The van der Waals surface area contributed by atoms with Gasteiger partial charge in [0.05, 0.1) is 0 Å². The van der Waals surface area contributed by atoms with Crippen molar-refractivity contribution < 1.29 is 4.79 Å². The molecule has 0 aliphatic rings. The molecule has 1 atom stereocenters. The van der Waals surface area contributed by atoms with Gasteiger partial charge in [0, 0.05) is 6.42 Å². The average Bonchev–Trinajstić information content (AvgIpc) is 3.23. The smallest absolute Gasteiger partial charge is 0.221 e. The van der Waals surface area contributed by atoms with Crippen molar-refractivity contribution in [2.75, 3.05) is 0 Å². The highest BCUT2D eigenvalue weighted by molar-refractivity contribution is 7.07. The first kappa shape index (κ1) is 15.4. The molecule has 5 nitrogen and oxygen atoms in total. The second-order valence-corrected chi connectivity index (χ2v) is 6.10. The molecule has 0 radical (unpaired) electrons. The van der Waals surface area contributed by atoms with Gasteiger partial charge in [0.2, 0.25) is 5.91 Å². The summed E-state index contributed by atoms with van der Waals surface area (Å²) in [6.07, 6.45) is 1.19. The maximum Gasteiger partial charge on any atom is 0.221 e. The van der Waals surface area contributed by atoms with Gasteiger partial charge in [0.25, 0.3) is 0 Å². The predicted octanol–water partition coefficient (Wildman–Crippen LogP) is 3.01. The third-order valence-corrected chi connectivity index (χ3v) is 4.26. The molecule has 0 fully saturated rings. The Morgan fingerprint density at radius 1 is 1.30 bits per heavy atom. The van der Waals surface area contributed by atoms with Crippen LogP contribution in [0.1, 0.15) is 35.2 Å². The molecule has 3 rings (SSSR count). The van der Waals surface area contributed by atoms with E-state index in [1.807, 2.05) is 48.7 Å². The Morgan fingerprint density at radius 2 is 2.13 bits per heavy atom. The van der Waals surface area contributed by atoms with Crippen molar-refractivity contribution >= 4 is 17.2 Å². The number of thiophene rings is 1. The minimum absolute atomic E-state index is 0.00694. The molecular formula is C17H18N4OS. The van der Waals surface area contributed by atoms with Gasteiger partial charge in [-0.1, -0.05) is 30.3 Å². The van der Waals surface area contributed by atoms with Crippen molar-refractivity contribution in [1.82, 2.24) is 20.5 Å². The Morgan fingerprint density at radius 3 is 2.78 bits per heavy atom. The van der Waals surface area contributed by atoms with Crippen LogP contribution in [0, 0.1) is 6.92 Å². The van der Waals surface area contributed by atoms with Gasteiger partial charge in [-0.15, -0.1) is 0 Å². The van der Waals surface area contributed by atoms with Crippen LogP contribution >= 0.6 is 11.3 Å². The number of aromatic amines is 1. The van der Waals surface area contributed by atoms with Crippen LogP contribution in [-0.2, 0) is 11.2 Å². The Kier molecular flexibility index (Phi) is 4.83. The Bertz CT molecular complexity index is 752. The zero-order chi connectivity index (χ0) is 16.1. The number of H-pyrrole nitrogens is 1. The van der Waals surface area contributed by atoms with Crippen molar-refractivity contribution in [3.05, 3.63) is 69.9 Å². The van der Waals surface area contributed by atoms with Gasteiger partial charge in [-0.2, -0.15) is 16.4 Å². The summed E-state index contributed by atoms with van der Waals surface area (Å²) in [4.78, 5) is 16.7. The maximum atomic E-state index is 12.3. The number of nitrogens with zero attached hydrogens (tertiary/aromatic N) is 2. The standard InChI is InChI=1S/C17H18N4OS/c1-12-18-17(21-20-12)16(14-5-3-2-4-6-14)19-15(22)8-7-13-9-10-23-11-13/h2-6,9-11,16H,7-8H2,1H3,(H,19,22)(H,18,20,21)/t16-/m0/s1. The summed E-state index contributed by atoms with van der Waals surface area (Å²) in [5.74, 6) is 1.30. The van der Waals surface area contributed by atoms with E-state index in [1.54, 1.807) is 11.3 Å². The molecule has 2 N–H and O–H groups in total. The minimum atomic E-state index is -0.337. The van der Waals surface area contributed by atoms with Crippen LogP contribution in [0.15, 0.2) is 47.2 Å². The summed E-state index contributed by atoms with van der Waals surface area (Å²) in [7, 11) is 0. The van der Waals surface area contributed by atoms with Gasteiger partial charge < -0.3 is 5.32 Å². The number of carbonyl (C=O) groups is 1. The molecule has 0 unspecified atom stereocenters. The van der Waals surface area contributed by atoms with Crippen molar-refractivity contribution in [3.63, 3.8) is 0 Å². The topological polar surface area (TPSA) is 70.7 Å². The highest BCUT2D eigenvalue weighted by Gasteiger charge is 2.20. The third-order valence-electron chi connectivity index (χ3n) is 3.53. The maximum absolute atomic E-state index is 12.3. The van der Waals surface area contributed by atoms with Gasteiger partial charge in [0.15, 0.2) is 5.82 Å². The lowest BCUT2D eigenvalue weighted by Gasteiger charge is -2.16. The lowest BCUT2D eigenvalue weighted by atomic mass is 10.1. The quantitative estimate of drug-likeness (QED) is 0.731. The van der Waals surface area contributed by atoms with E-state index in [4.69, 9.17) is 0 Å². The molecule has 3 aromatic rings. The molecule has 0 saturated carbocycles. The summed E-state index contributed by atoms with van der Waals surface area (Å²) in [6, 6.07) is 11.5. The van der Waals surface area contributed by atoms with Gasteiger partial charge in [-0.3, -0.25) is 9.89 Å². The molecule has 6 heteroatoms. The van der Waals surface area contributed by atoms with Crippen molar-refractivity contribution in [2.45, 2.75) is 25.8 Å². The SMILES string of the molecule is Cc1nc([C@@H](NC(=O)CCc2ccsc2)c2ccccc2)n[nH]1. The number of aryl methyl sites for hydroxylation is 2. The minimum Gasteiger partial charge on any atom is -0.342 e. The van der Waals surface area contributed by atoms with E-state index in [1.165, 1.54) is 5.56 Å². The van der Waals surface area contributed by atoms with Crippen LogP contribution in [0.25, 0.3) is 0 Å². The zero-order valence-electron chi connectivity index (χ0n) is 12.8. The van der Waals surface area contributed by atoms with Crippen molar-refractivity contribution in [3.8, 4) is 0 Å². The molecule has 1 amide bonds. The number of carbonyl (C=O) groups excluding carboxylic acids is 1. The van der Waals surface area contributed by atoms with Crippen LogP contribution in [0.5, 0.6) is 0 Å². The molecule has 118 valence electrons. The van der Waals surface area contributed by atoms with Crippen molar-refractivity contribution in [2.24, 2.45) is 0 Å². The zero-order valence-corrected chi connectivity index (χ0v) is 13.6. The molecule has 2 aromatic heterocycles. The lowest BCUT2D eigenvalue weighted by Crippen LogP contribution is -2.30. The number of aromatic nitrogens is 3. The average molecular weight is 326 g/mol. The van der Waals surface area contributed by atoms with Gasteiger partial charge >= 0.3 is 0 Å². The van der Waals surface area contributed by atoms with E-state index in [-0.39, 0.29) is 11.9 Å². The second-order valence-electron chi connectivity index (χ2n) is 5.32. The summed E-state index contributed by atoms with van der Waals surface area (Å²) in [6.45, 7) is 1.84. The van der Waals surface area contributed by atoms with E-state index in [0.29, 0.717) is 12.2 Å². The molecule has 0 aliphatic heterocycles. The van der Waals surface area contributed by atoms with E-state index in [9.17, 15) is 4.79 Å². The van der Waals surface area contributed by atoms with Crippen LogP contribution in [0.2, 0.25) is 0 Å². The summed E-state index contributed by atoms with van der Waals surface area (Å²) >= 11 is 1.65. The first-order valence-electron chi connectivity index (χ1n) is 7.46. The molecule has 0 bridgehead atoms. The molecule has 0 aliphatic carbocycles. The van der Waals surface area contributed by atoms with Crippen LogP contribution in [0.3, 0.4) is 0 Å². The first-order chi connectivity index (χ1) is 11.2. The normalized spacial score (nSPS) is 12.0. The number of rotatable bonds is 6. The fourth-order valence-corrected chi connectivity index (χ4v) is 3.06. The third kappa shape index (κ3) is 4.04. The Balaban J connectivity index is 1.72. The second kappa shape index (κ2) is 7.19. The number of nitrogens with one attached hydrogen (secondary N) is 2.